The van der Waals surface area contributed by atoms with E-state index < -0.39 is 0 Å². The van der Waals surface area contributed by atoms with Crippen molar-refractivity contribution in [3.05, 3.63) is 80.1 Å². The predicted molar refractivity (Wildman–Crippen MR) is 114 cm³/mol. The molecule has 1 aliphatic rings. The maximum Gasteiger partial charge on any atom is 0.346 e. The molecule has 152 valence electrons. The van der Waals surface area contributed by atoms with E-state index in [9.17, 15) is 9.59 Å². The molecule has 5 rings (SSSR count). The molecule has 0 aliphatic heterocycles. The second-order valence-electron chi connectivity index (χ2n) is 8.22. The van der Waals surface area contributed by atoms with E-state index in [-0.39, 0.29) is 23.1 Å². The van der Waals surface area contributed by atoms with Crippen molar-refractivity contribution in [1.82, 2.24) is 9.97 Å². The molecule has 1 saturated carbocycles. The van der Waals surface area contributed by atoms with Gasteiger partial charge in [0.25, 0.3) is 0 Å². The van der Waals surface area contributed by atoms with Gasteiger partial charge in [0.15, 0.2) is 0 Å². The van der Waals surface area contributed by atoms with Gasteiger partial charge in [-0.05, 0) is 51.0 Å². The van der Waals surface area contributed by atoms with Gasteiger partial charge >= 0.3 is 11.3 Å². The number of fused-ring (bicyclic) bond motifs is 2. The van der Waals surface area contributed by atoms with Gasteiger partial charge in [-0.3, -0.25) is 0 Å². The highest BCUT2D eigenvalue weighted by molar-refractivity contribution is 5.78. The van der Waals surface area contributed by atoms with E-state index in [1.807, 2.05) is 38.1 Å². The Bertz CT molecular complexity index is 1280. The molecule has 1 aliphatic carbocycles. The minimum absolute atomic E-state index is 0.157. The fraction of sp³-hybridized carbons (Fsp3) is 0.333. The Labute approximate surface area is 172 Å². The number of aromatic nitrogens is 2. The van der Waals surface area contributed by atoms with Crippen LogP contribution in [0.15, 0.2) is 54.8 Å². The average Bonchev–Trinajstić information content (AvgIpc) is 2.74. The number of hydrogen-bond donors (Lipinski definition) is 0. The molecule has 2 heterocycles. The summed E-state index contributed by atoms with van der Waals surface area (Å²) in [7, 11) is 0. The smallest absolute Gasteiger partial charge is 0.346 e. The fourth-order valence-electron chi connectivity index (χ4n) is 4.44. The highest BCUT2D eigenvalue weighted by Gasteiger charge is 2.34. The zero-order valence-corrected chi connectivity index (χ0v) is 17.0. The van der Waals surface area contributed by atoms with E-state index in [1.165, 1.54) is 0 Å². The molecular weight excluding hydrogens is 380 g/mol. The second kappa shape index (κ2) is 7.20. The van der Waals surface area contributed by atoms with Crippen molar-refractivity contribution in [3.8, 4) is 0 Å². The molecule has 1 fully saturated rings. The van der Waals surface area contributed by atoms with Crippen LogP contribution in [0.1, 0.15) is 60.4 Å². The SMILES string of the molecule is Cc1ccc2nc(C3CCCCC3c3nc4ccc(C)cc4c(=O)o3)oc(=O)c2c1. The normalized spacial score (nSPS) is 19.4. The summed E-state index contributed by atoms with van der Waals surface area (Å²) in [6, 6.07) is 11.1. The summed E-state index contributed by atoms with van der Waals surface area (Å²) < 4.78 is 11.3. The lowest BCUT2D eigenvalue weighted by atomic mass is 9.79. The van der Waals surface area contributed by atoms with Gasteiger partial charge in [0, 0.05) is 11.8 Å². The van der Waals surface area contributed by atoms with Crippen molar-refractivity contribution >= 4 is 21.8 Å². The third-order valence-corrected chi connectivity index (χ3v) is 6.00. The summed E-state index contributed by atoms with van der Waals surface area (Å²) in [6.45, 7) is 3.86. The molecule has 0 amide bonds. The number of nitrogens with zero attached hydrogens (tertiary/aromatic N) is 2. The van der Waals surface area contributed by atoms with E-state index in [0.29, 0.717) is 33.6 Å². The van der Waals surface area contributed by atoms with Gasteiger partial charge in [-0.15, -0.1) is 0 Å². The van der Waals surface area contributed by atoms with Gasteiger partial charge in [-0.25, -0.2) is 19.6 Å². The van der Waals surface area contributed by atoms with Crippen LogP contribution < -0.4 is 11.3 Å². The molecule has 2 aromatic heterocycles. The van der Waals surface area contributed by atoms with Gasteiger partial charge in [0.05, 0.1) is 21.8 Å². The minimum Gasteiger partial charge on any atom is -0.408 e. The lowest BCUT2D eigenvalue weighted by molar-refractivity contribution is 0.268. The van der Waals surface area contributed by atoms with Crippen molar-refractivity contribution in [2.24, 2.45) is 0 Å². The van der Waals surface area contributed by atoms with Crippen LogP contribution in [0.4, 0.5) is 0 Å². The number of hydrogen-bond acceptors (Lipinski definition) is 6. The molecule has 0 saturated heterocycles. The number of rotatable bonds is 2. The first-order chi connectivity index (χ1) is 14.5. The van der Waals surface area contributed by atoms with Crippen LogP contribution in [0.5, 0.6) is 0 Å². The third kappa shape index (κ3) is 3.22. The van der Waals surface area contributed by atoms with E-state index in [1.54, 1.807) is 12.1 Å². The largest absolute Gasteiger partial charge is 0.408 e. The Kier molecular flexibility index (Phi) is 4.50. The van der Waals surface area contributed by atoms with E-state index in [4.69, 9.17) is 8.83 Å². The highest BCUT2D eigenvalue weighted by atomic mass is 16.4. The molecule has 30 heavy (non-hydrogen) atoms. The first kappa shape index (κ1) is 18.7. The summed E-state index contributed by atoms with van der Waals surface area (Å²) in [5.74, 6) is 0.482. The zero-order chi connectivity index (χ0) is 20.8. The van der Waals surface area contributed by atoms with Gasteiger partial charge in [0.1, 0.15) is 0 Å². The quantitative estimate of drug-likeness (QED) is 0.481. The molecule has 2 unspecified atom stereocenters. The van der Waals surface area contributed by atoms with Gasteiger partial charge < -0.3 is 8.83 Å². The summed E-state index contributed by atoms with van der Waals surface area (Å²) in [5.41, 5.74) is 2.45. The Balaban J connectivity index is 1.62. The van der Waals surface area contributed by atoms with Gasteiger partial charge in [0.2, 0.25) is 11.8 Å². The second-order valence-corrected chi connectivity index (χ2v) is 8.22. The van der Waals surface area contributed by atoms with Crippen LogP contribution in [0.3, 0.4) is 0 Å². The predicted octanol–water partition coefficient (Wildman–Crippen LogP) is 4.75. The van der Waals surface area contributed by atoms with Crippen molar-refractivity contribution in [2.45, 2.75) is 51.4 Å². The Morgan fingerprint density at radius 3 is 1.60 bits per heavy atom. The van der Waals surface area contributed by atoms with Crippen LogP contribution >= 0.6 is 0 Å². The summed E-state index contributed by atoms with van der Waals surface area (Å²) in [5, 5.41) is 0.966. The van der Waals surface area contributed by atoms with Gasteiger partial charge in [-0.2, -0.15) is 0 Å². The Morgan fingerprint density at radius 2 is 1.17 bits per heavy atom. The van der Waals surface area contributed by atoms with Crippen molar-refractivity contribution in [3.63, 3.8) is 0 Å². The third-order valence-electron chi connectivity index (χ3n) is 6.00. The maximum atomic E-state index is 12.6. The first-order valence-corrected chi connectivity index (χ1v) is 10.3. The van der Waals surface area contributed by atoms with E-state index in [2.05, 4.69) is 9.97 Å². The molecule has 0 spiro atoms. The zero-order valence-electron chi connectivity index (χ0n) is 17.0. The summed E-state index contributed by atoms with van der Waals surface area (Å²) in [6.07, 6.45) is 3.59. The molecule has 6 nitrogen and oxygen atoms in total. The molecular formula is C24H22N2O4. The van der Waals surface area contributed by atoms with Crippen molar-refractivity contribution in [1.29, 1.82) is 0 Å². The number of benzene rings is 2. The lowest BCUT2D eigenvalue weighted by Crippen LogP contribution is -2.21. The van der Waals surface area contributed by atoms with Crippen LogP contribution in [0, 0.1) is 13.8 Å². The molecule has 0 radical (unpaired) electrons. The molecule has 6 heteroatoms. The monoisotopic (exact) mass is 402 g/mol. The van der Waals surface area contributed by atoms with Crippen LogP contribution in [0.25, 0.3) is 21.8 Å². The molecule has 2 aromatic carbocycles. The summed E-state index contributed by atoms with van der Waals surface area (Å²) in [4.78, 5) is 34.5. The average molecular weight is 402 g/mol. The van der Waals surface area contributed by atoms with Crippen molar-refractivity contribution in [2.75, 3.05) is 0 Å². The molecule has 4 aromatic rings. The van der Waals surface area contributed by atoms with Crippen LogP contribution in [-0.2, 0) is 0 Å². The van der Waals surface area contributed by atoms with Gasteiger partial charge in [-0.1, -0.05) is 36.1 Å². The van der Waals surface area contributed by atoms with E-state index in [0.717, 1.165) is 36.8 Å². The number of aryl methyl sites for hydroxylation is 2. The standard InChI is InChI=1S/C24H22N2O4/c1-13-7-9-19-17(11-13)23(27)29-21(25-19)15-5-3-4-6-16(15)22-26-20-10-8-14(2)12-18(20)24(28)30-22/h7-12,15-16H,3-6H2,1-2H3. The molecule has 2 atom stereocenters. The highest BCUT2D eigenvalue weighted by Crippen LogP contribution is 2.42. The topological polar surface area (TPSA) is 86.2 Å². The van der Waals surface area contributed by atoms with Crippen LogP contribution in [-0.4, -0.2) is 9.97 Å². The summed E-state index contributed by atoms with van der Waals surface area (Å²) >= 11 is 0. The van der Waals surface area contributed by atoms with Crippen molar-refractivity contribution < 1.29 is 8.83 Å². The minimum atomic E-state index is -0.383. The van der Waals surface area contributed by atoms with Crippen LogP contribution in [0.2, 0.25) is 0 Å². The fourth-order valence-corrected chi connectivity index (χ4v) is 4.44. The first-order valence-electron chi connectivity index (χ1n) is 10.3. The maximum absolute atomic E-state index is 12.6. The Morgan fingerprint density at radius 1 is 0.733 bits per heavy atom. The Hall–Kier alpha value is -3.28. The molecule has 0 N–H and O–H groups in total. The molecule has 0 bridgehead atoms. The van der Waals surface area contributed by atoms with E-state index >= 15 is 0 Å². The lowest BCUT2D eigenvalue weighted by Gasteiger charge is -2.28.